The van der Waals surface area contributed by atoms with E-state index in [0.29, 0.717) is 50.0 Å². The number of alkyl halides is 3. The van der Waals surface area contributed by atoms with Gasteiger partial charge in [-0.15, -0.1) is 23.4 Å². The van der Waals surface area contributed by atoms with Gasteiger partial charge < -0.3 is 24.3 Å². The molecule has 3 heterocycles. The molecule has 0 fully saturated rings. The molecule has 0 spiro atoms. The van der Waals surface area contributed by atoms with Gasteiger partial charge in [0, 0.05) is 25.3 Å². The number of hydrogen-bond acceptors (Lipinski definition) is 9. The largest absolute Gasteiger partial charge is 0.573 e. The lowest BCUT2D eigenvalue weighted by molar-refractivity contribution is -0.274. The molecule has 0 bridgehead atoms. The number of hydrogen-bond donors (Lipinski definition) is 3. The zero-order valence-electron chi connectivity index (χ0n) is 21.7. The van der Waals surface area contributed by atoms with Crippen LogP contribution in [0, 0.1) is 0 Å². The second kappa shape index (κ2) is 13.1. The van der Waals surface area contributed by atoms with E-state index in [1.54, 1.807) is 29.5 Å². The van der Waals surface area contributed by atoms with Crippen LogP contribution in [0.3, 0.4) is 0 Å². The van der Waals surface area contributed by atoms with Gasteiger partial charge in [0.2, 0.25) is 0 Å². The molecular formula is C26H27F3N8O4. The Bertz CT molecular complexity index is 1510. The zero-order valence-corrected chi connectivity index (χ0v) is 21.7. The van der Waals surface area contributed by atoms with Crippen LogP contribution in [0.1, 0.15) is 18.4 Å². The van der Waals surface area contributed by atoms with Crippen LogP contribution in [0.2, 0.25) is 0 Å². The van der Waals surface area contributed by atoms with E-state index in [1.165, 1.54) is 24.5 Å². The molecule has 0 saturated heterocycles. The molecule has 0 radical (unpaired) electrons. The molecule has 0 aliphatic rings. The van der Waals surface area contributed by atoms with Gasteiger partial charge in [0.1, 0.15) is 36.5 Å². The SMILES string of the molecule is FC(F)(F)Oc1cc(CNCCCCOCCOc2cc(-n3cnnc3)cc3[nH]ncc23)cc(Oc2cn[nH]c2)c1. The Kier molecular flexibility index (Phi) is 8.95. The maximum absolute atomic E-state index is 12.8. The summed E-state index contributed by atoms with van der Waals surface area (Å²) in [6, 6.07) is 7.97. The number of fused-ring (bicyclic) bond motifs is 1. The Balaban J connectivity index is 1.01. The summed E-state index contributed by atoms with van der Waals surface area (Å²) in [5.74, 6) is 0.897. The van der Waals surface area contributed by atoms with E-state index in [9.17, 15) is 13.2 Å². The number of aromatic nitrogens is 7. The van der Waals surface area contributed by atoms with Crippen LogP contribution in [0.5, 0.6) is 23.0 Å². The lowest BCUT2D eigenvalue weighted by Crippen LogP contribution is -2.18. The van der Waals surface area contributed by atoms with Gasteiger partial charge in [0.05, 0.1) is 41.8 Å². The molecule has 0 atom stereocenters. The summed E-state index contributed by atoms with van der Waals surface area (Å²) >= 11 is 0. The number of benzene rings is 2. The molecule has 15 heteroatoms. The predicted molar refractivity (Wildman–Crippen MR) is 140 cm³/mol. The molecule has 0 aliphatic heterocycles. The number of nitrogens with one attached hydrogen (secondary N) is 3. The van der Waals surface area contributed by atoms with Crippen molar-refractivity contribution in [1.29, 1.82) is 0 Å². The number of H-pyrrole nitrogens is 2. The van der Waals surface area contributed by atoms with Crippen molar-refractivity contribution in [3.05, 3.63) is 67.1 Å². The van der Waals surface area contributed by atoms with Gasteiger partial charge in [-0.2, -0.15) is 10.2 Å². The van der Waals surface area contributed by atoms with E-state index in [1.807, 2.05) is 12.1 Å². The molecule has 2 aromatic carbocycles. The van der Waals surface area contributed by atoms with E-state index in [-0.39, 0.29) is 11.5 Å². The summed E-state index contributed by atoms with van der Waals surface area (Å²) in [6.07, 6.45) is 4.63. The lowest BCUT2D eigenvalue weighted by Gasteiger charge is -2.13. The topological polar surface area (TPSA) is 137 Å². The molecule has 0 amide bonds. The van der Waals surface area contributed by atoms with Crippen molar-refractivity contribution in [1.82, 2.24) is 40.5 Å². The van der Waals surface area contributed by atoms with Gasteiger partial charge in [-0.1, -0.05) is 0 Å². The Morgan fingerprint density at radius 1 is 0.878 bits per heavy atom. The molecule has 0 saturated carbocycles. The summed E-state index contributed by atoms with van der Waals surface area (Å²) in [5.41, 5.74) is 2.26. The molecule has 0 unspecified atom stereocenters. The normalized spacial score (nSPS) is 11.7. The van der Waals surface area contributed by atoms with Crippen molar-refractivity contribution < 1.29 is 32.1 Å². The highest BCUT2D eigenvalue weighted by Crippen LogP contribution is 2.31. The second-order valence-electron chi connectivity index (χ2n) is 8.89. The van der Waals surface area contributed by atoms with E-state index in [0.717, 1.165) is 29.4 Å². The Labute approximate surface area is 231 Å². The van der Waals surface area contributed by atoms with E-state index in [2.05, 4.69) is 40.6 Å². The van der Waals surface area contributed by atoms with Crippen LogP contribution in [0.25, 0.3) is 16.6 Å². The summed E-state index contributed by atoms with van der Waals surface area (Å²) in [6.45, 7) is 2.31. The molecule has 12 nitrogen and oxygen atoms in total. The maximum Gasteiger partial charge on any atom is 0.573 e. The number of ether oxygens (including phenoxy) is 4. The lowest BCUT2D eigenvalue weighted by atomic mass is 10.2. The van der Waals surface area contributed by atoms with Crippen molar-refractivity contribution in [2.45, 2.75) is 25.7 Å². The number of halogens is 3. The van der Waals surface area contributed by atoms with Gasteiger partial charge in [-0.3, -0.25) is 14.8 Å². The predicted octanol–water partition coefficient (Wildman–Crippen LogP) is 4.52. The van der Waals surface area contributed by atoms with E-state index in [4.69, 9.17) is 14.2 Å². The number of rotatable bonds is 15. The first kappa shape index (κ1) is 27.9. The summed E-state index contributed by atoms with van der Waals surface area (Å²) in [4.78, 5) is 0. The minimum absolute atomic E-state index is 0.208. The van der Waals surface area contributed by atoms with Gasteiger partial charge in [0.15, 0.2) is 5.75 Å². The molecule has 41 heavy (non-hydrogen) atoms. The third-order valence-electron chi connectivity index (χ3n) is 5.81. The van der Waals surface area contributed by atoms with Crippen LogP contribution in [-0.2, 0) is 11.3 Å². The van der Waals surface area contributed by atoms with Crippen molar-refractivity contribution in [3.8, 4) is 28.7 Å². The van der Waals surface area contributed by atoms with Gasteiger partial charge in [0.25, 0.3) is 0 Å². The van der Waals surface area contributed by atoms with Crippen LogP contribution >= 0.6 is 0 Å². The maximum atomic E-state index is 12.8. The first-order valence-corrected chi connectivity index (χ1v) is 12.7. The molecule has 3 N–H and O–H groups in total. The highest BCUT2D eigenvalue weighted by atomic mass is 19.4. The van der Waals surface area contributed by atoms with Crippen LogP contribution in [0.4, 0.5) is 13.2 Å². The Morgan fingerprint density at radius 2 is 1.73 bits per heavy atom. The minimum Gasteiger partial charge on any atom is -0.490 e. The fourth-order valence-electron chi connectivity index (χ4n) is 4.02. The van der Waals surface area contributed by atoms with Crippen molar-refractivity contribution >= 4 is 10.9 Å². The van der Waals surface area contributed by atoms with Crippen molar-refractivity contribution in [3.63, 3.8) is 0 Å². The zero-order chi connectivity index (χ0) is 28.5. The fourth-order valence-corrected chi connectivity index (χ4v) is 4.02. The monoisotopic (exact) mass is 572 g/mol. The average Bonchev–Trinajstić information content (AvgIpc) is 3.71. The second-order valence-corrected chi connectivity index (χ2v) is 8.89. The highest BCUT2D eigenvalue weighted by molar-refractivity contribution is 5.86. The third-order valence-corrected chi connectivity index (χ3v) is 5.81. The Hall–Kier alpha value is -4.63. The minimum atomic E-state index is -4.81. The molecule has 5 rings (SSSR count). The molecule has 5 aromatic rings. The first-order chi connectivity index (χ1) is 19.9. The van der Waals surface area contributed by atoms with Crippen molar-refractivity contribution in [2.24, 2.45) is 0 Å². The van der Waals surface area contributed by atoms with Crippen molar-refractivity contribution in [2.75, 3.05) is 26.4 Å². The molecular weight excluding hydrogens is 545 g/mol. The summed E-state index contributed by atoms with van der Waals surface area (Å²) in [5, 5.41) is 25.1. The van der Waals surface area contributed by atoms with Crippen LogP contribution in [0.15, 0.2) is 61.6 Å². The molecule has 216 valence electrons. The van der Waals surface area contributed by atoms with Crippen LogP contribution < -0.4 is 19.5 Å². The number of unbranched alkanes of at least 4 members (excludes halogenated alkanes) is 1. The fraction of sp³-hybridized carbons (Fsp3) is 0.308. The average molecular weight is 573 g/mol. The summed E-state index contributed by atoms with van der Waals surface area (Å²) < 4.78 is 61.4. The van der Waals surface area contributed by atoms with Gasteiger partial charge >= 0.3 is 6.36 Å². The molecule has 0 aliphatic carbocycles. The first-order valence-electron chi connectivity index (χ1n) is 12.7. The van der Waals surface area contributed by atoms with E-state index >= 15 is 0 Å². The standard InChI is InChI=1S/C26H27F3N8O4/c27-26(28,29)41-21-8-18(7-20(11-21)40-22-13-31-32-14-22)12-30-3-1-2-4-38-5-6-39-25-10-19(37-16-34-35-17-37)9-24-23(25)15-33-36-24/h7-11,13-17,30H,1-6,12H2,(H,31,32)(H,33,36). The highest BCUT2D eigenvalue weighted by Gasteiger charge is 2.31. The quantitative estimate of drug-likeness (QED) is 0.155. The number of aromatic amines is 2. The number of nitrogens with zero attached hydrogens (tertiary/aromatic N) is 5. The molecule has 3 aromatic heterocycles. The van der Waals surface area contributed by atoms with Gasteiger partial charge in [-0.05, 0) is 43.1 Å². The van der Waals surface area contributed by atoms with Crippen LogP contribution in [-0.4, -0.2) is 67.9 Å². The Morgan fingerprint density at radius 3 is 2.54 bits per heavy atom. The van der Waals surface area contributed by atoms with Gasteiger partial charge in [-0.25, -0.2) is 0 Å². The smallest absolute Gasteiger partial charge is 0.490 e. The summed E-state index contributed by atoms with van der Waals surface area (Å²) in [7, 11) is 0. The third kappa shape index (κ3) is 8.18. The van der Waals surface area contributed by atoms with E-state index < -0.39 is 6.36 Å².